The van der Waals surface area contributed by atoms with Crippen LogP contribution in [-0.4, -0.2) is 31.3 Å². The molecule has 0 saturated heterocycles. The smallest absolute Gasteiger partial charge is 0.262 e. The number of methoxy groups -OCH3 is 1. The van der Waals surface area contributed by atoms with Crippen molar-refractivity contribution in [2.24, 2.45) is 5.92 Å². The number of hydrogen-bond donors (Lipinski definition) is 0. The molecule has 148 valence electrons. The minimum Gasteiger partial charge on any atom is -0.497 e. The summed E-state index contributed by atoms with van der Waals surface area (Å²) in [5.41, 5.74) is 2.15. The zero-order valence-electron chi connectivity index (χ0n) is 16.6. The van der Waals surface area contributed by atoms with Crippen LogP contribution in [0.25, 0.3) is 27.9 Å². The summed E-state index contributed by atoms with van der Waals surface area (Å²) < 4.78 is 8.95. The van der Waals surface area contributed by atoms with Gasteiger partial charge in [-0.05, 0) is 37.0 Å². The van der Waals surface area contributed by atoms with Crippen LogP contribution in [-0.2, 0) is 0 Å². The predicted molar refractivity (Wildman–Crippen MR) is 111 cm³/mol. The van der Waals surface area contributed by atoms with Gasteiger partial charge >= 0.3 is 0 Å². The van der Waals surface area contributed by atoms with Crippen LogP contribution in [0.4, 0.5) is 0 Å². The first-order chi connectivity index (χ1) is 14.2. The molecule has 4 aromatic rings. The monoisotopic (exact) mass is 389 g/mol. The summed E-state index contributed by atoms with van der Waals surface area (Å²) in [5.74, 6) is 1.67. The Bertz CT molecular complexity index is 1260. The topological polar surface area (TPSA) is 74.3 Å². The van der Waals surface area contributed by atoms with E-state index in [9.17, 15) is 4.79 Å². The Morgan fingerprint density at radius 1 is 1.17 bits per heavy atom. The summed E-state index contributed by atoms with van der Waals surface area (Å²) in [6, 6.07) is 9.80. The molecule has 0 N–H and O–H groups in total. The van der Waals surface area contributed by atoms with E-state index < -0.39 is 0 Å². The molecule has 1 fully saturated rings. The Morgan fingerprint density at radius 3 is 2.86 bits per heavy atom. The Labute approximate surface area is 168 Å². The molecular weight excluding hydrogens is 366 g/mol. The first kappa shape index (κ1) is 17.8. The van der Waals surface area contributed by atoms with Crippen molar-refractivity contribution in [3.8, 4) is 17.0 Å². The highest BCUT2D eigenvalue weighted by atomic mass is 16.5. The summed E-state index contributed by atoms with van der Waals surface area (Å²) >= 11 is 0. The molecule has 0 aliphatic heterocycles. The third-order valence-corrected chi connectivity index (χ3v) is 6.06. The largest absolute Gasteiger partial charge is 0.497 e. The van der Waals surface area contributed by atoms with E-state index in [0.717, 1.165) is 30.6 Å². The highest BCUT2D eigenvalue weighted by Gasteiger charge is 2.25. The molecule has 0 unspecified atom stereocenters. The van der Waals surface area contributed by atoms with Crippen LogP contribution in [0, 0.1) is 5.92 Å². The fourth-order valence-electron chi connectivity index (χ4n) is 4.55. The molecule has 7 nitrogen and oxygen atoms in total. The fourth-order valence-corrected chi connectivity index (χ4v) is 4.55. The van der Waals surface area contributed by atoms with Crippen LogP contribution in [0.1, 0.15) is 38.6 Å². The van der Waals surface area contributed by atoms with Gasteiger partial charge in [-0.2, -0.15) is 14.6 Å². The first-order valence-corrected chi connectivity index (χ1v) is 10.1. The summed E-state index contributed by atoms with van der Waals surface area (Å²) in [6.45, 7) is 2.24. The Kier molecular flexibility index (Phi) is 4.30. The van der Waals surface area contributed by atoms with Gasteiger partial charge in [0.1, 0.15) is 12.1 Å². The molecule has 1 saturated carbocycles. The maximum Gasteiger partial charge on any atom is 0.262 e. The summed E-state index contributed by atoms with van der Waals surface area (Å²) in [6.07, 6.45) is 7.93. The van der Waals surface area contributed by atoms with Gasteiger partial charge in [-0.15, -0.1) is 0 Å². The van der Waals surface area contributed by atoms with E-state index in [1.165, 1.54) is 12.7 Å². The number of aromatic nitrogens is 5. The lowest BCUT2D eigenvalue weighted by Crippen LogP contribution is -2.31. The number of nitrogens with zero attached hydrogens (tertiary/aromatic N) is 5. The van der Waals surface area contributed by atoms with Gasteiger partial charge in [-0.25, -0.2) is 4.98 Å². The zero-order valence-corrected chi connectivity index (χ0v) is 16.6. The first-order valence-electron chi connectivity index (χ1n) is 10.1. The number of benzene rings is 1. The van der Waals surface area contributed by atoms with Crippen LogP contribution in [0.2, 0.25) is 0 Å². The molecule has 3 aromatic heterocycles. The van der Waals surface area contributed by atoms with Gasteiger partial charge < -0.3 is 9.30 Å². The van der Waals surface area contributed by atoms with E-state index in [4.69, 9.17) is 4.74 Å². The highest BCUT2D eigenvalue weighted by Crippen LogP contribution is 2.34. The van der Waals surface area contributed by atoms with E-state index >= 15 is 0 Å². The summed E-state index contributed by atoms with van der Waals surface area (Å²) in [7, 11) is 1.63. The van der Waals surface area contributed by atoms with Crippen molar-refractivity contribution in [3.05, 3.63) is 53.2 Å². The SMILES string of the molecule is COc1cccc(-c2c3c(=O)n([C@@H]4CCCC[C@@H]4C)ccc3nc3ncnn23)c1. The Balaban J connectivity index is 1.84. The molecule has 0 spiro atoms. The standard InChI is InChI=1S/C22H23N5O2/c1-14-6-3-4-9-18(14)26-11-10-17-19(21(26)28)20(27-22(25-17)23-13-24-27)15-7-5-8-16(12-15)29-2/h5,7-8,10-14,18H,3-4,6,9H2,1-2H3/t14-,18+/m0/s1. The van der Waals surface area contributed by atoms with Crippen molar-refractivity contribution < 1.29 is 4.74 Å². The lowest BCUT2D eigenvalue weighted by Gasteiger charge is -2.30. The lowest BCUT2D eigenvalue weighted by atomic mass is 9.85. The highest BCUT2D eigenvalue weighted by molar-refractivity contribution is 5.93. The van der Waals surface area contributed by atoms with E-state index in [-0.39, 0.29) is 11.6 Å². The average Bonchev–Trinajstić information content (AvgIpc) is 3.21. The van der Waals surface area contributed by atoms with Crippen molar-refractivity contribution in [3.63, 3.8) is 0 Å². The third kappa shape index (κ3) is 2.88. The number of hydrogen-bond acceptors (Lipinski definition) is 5. The second-order valence-corrected chi connectivity index (χ2v) is 7.78. The van der Waals surface area contributed by atoms with Gasteiger partial charge in [0.2, 0.25) is 0 Å². The van der Waals surface area contributed by atoms with Crippen LogP contribution >= 0.6 is 0 Å². The number of pyridine rings is 1. The van der Waals surface area contributed by atoms with E-state index in [1.807, 2.05) is 41.1 Å². The quantitative estimate of drug-likeness (QED) is 0.532. The second kappa shape index (κ2) is 6.99. The molecule has 0 bridgehead atoms. The fraction of sp³-hybridized carbons (Fsp3) is 0.364. The van der Waals surface area contributed by atoms with Gasteiger partial charge in [0.05, 0.1) is 23.7 Å². The third-order valence-electron chi connectivity index (χ3n) is 6.06. The normalized spacial score (nSPS) is 19.7. The van der Waals surface area contributed by atoms with E-state index in [1.54, 1.807) is 11.6 Å². The van der Waals surface area contributed by atoms with Crippen LogP contribution < -0.4 is 10.3 Å². The molecule has 3 heterocycles. The summed E-state index contributed by atoms with van der Waals surface area (Å²) in [4.78, 5) is 22.5. The number of ether oxygens (including phenoxy) is 1. The lowest BCUT2D eigenvalue weighted by molar-refractivity contribution is 0.253. The second-order valence-electron chi connectivity index (χ2n) is 7.78. The Morgan fingerprint density at radius 2 is 2.03 bits per heavy atom. The van der Waals surface area contributed by atoms with Gasteiger partial charge in [0.15, 0.2) is 0 Å². The minimum atomic E-state index is -0.0241. The van der Waals surface area contributed by atoms with Crippen molar-refractivity contribution >= 4 is 16.7 Å². The summed E-state index contributed by atoms with van der Waals surface area (Å²) in [5, 5.41) is 4.92. The van der Waals surface area contributed by atoms with E-state index in [0.29, 0.717) is 28.3 Å². The van der Waals surface area contributed by atoms with E-state index in [2.05, 4.69) is 22.0 Å². The maximum absolute atomic E-state index is 13.7. The predicted octanol–water partition coefficient (Wildman–Crippen LogP) is 3.87. The number of fused-ring (bicyclic) bond motifs is 2. The molecule has 7 heteroatoms. The van der Waals surface area contributed by atoms with Crippen LogP contribution in [0.5, 0.6) is 5.75 Å². The van der Waals surface area contributed by atoms with Gasteiger partial charge in [0.25, 0.3) is 11.3 Å². The Hall–Kier alpha value is -3.22. The maximum atomic E-state index is 13.7. The molecule has 5 rings (SSSR count). The van der Waals surface area contributed by atoms with Crippen LogP contribution in [0.15, 0.2) is 47.7 Å². The molecule has 29 heavy (non-hydrogen) atoms. The van der Waals surface area contributed by atoms with Gasteiger partial charge in [-0.1, -0.05) is 31.9 Å². The van der Waals surface area contributed by atoms with Crippen molar-refractivity contribution in [1.29, 1.82) is 0 Å². The number of rotatable bonds is 3. The van der Waals surface area contributed by atoms with Crippen LogP contribution in [0.3, 0.4) is 0 Å². The van der Waals surface area contributed by atoms with Gasteiger partial charge in [0, 0.05) is 17.8 Å². The van der Waals surface area contributed by atoms with Crippen molar-refractivity contribution in [2.45, 2.75) is 38.6 Å². The molecule has 1 aromatic carbocycles. The molecule has 1 aliphatic rings. The molecule has 0 amide bonds. The van der Waals surface area contributed by atoms with Crippen molar-refractivity contribution in [2.75, 3.05) is 7.11 Å². The van der Waals surface area contributed by atoms with Crippen molar-refractivity contribution in [1.82, 2.24) is 24.1 Å². The minimum absolute atomic E-state index is 0.0241. The molecule has 0 radical (unpaired) electrons. The molecule has 2 atom stereocenters. The zero-order chi connectivity index (χ0) is 20.0. The average molecular weight is 389 g/mol. The molecule has 1 aliphatic carbocycles. The van der Waals surface area contributed by atoms with Gasteiger partial charge in [-0.3, -0.25) is 4.79 Å². The molecular formula is C22H23N5O2.